The maximum atomic E-state index is 6.39. The van der Waals surface area contributed by atoms with Crippen LogP contribution in [-0.2, 0) is 0 Å². The normalized spacial score (nSPS) is 10.6. The summed E-state index contributed by atoms with van der Waals surface area (Å²) in [6.07, 6.45) is 0. The highest BCUT2D eigenvalue weighted by molar-refractivity contribution is 6.39. The van der Waals surface area contributed by atoms with Gasteiger partial charge in [-0.2, -0.15) is 4.98 Å². The first kappa shape index (κ1) is 15.5. The quantitative estimate of drug-likeness (QED) is 0.659. The van der Waals surface area contributed by atoms with Gasteiger partial charge in [-0.3, -0.25) is 0 Å². The molecule has 0 bridgehead atoms. The van der Waals surface area contributed by atoms with Gasteiger partial charge in [-0.05, 0) is 29.8 Å². The van der Waals surface area contributed by atoms with E-state index in [0.29, 0.717) is 21.7 Å². The van der Waals surface area contributed by atoms with Gasteiger partial charge in [0.25, 0.3) is 0 Å². The van der Waals surface area contributed by atoms with Crippen molar-refractivity contribution in [2.45, 2.75) is 0 Å². The first-order valence-corrected chi connectivity index (χ1v) is 7.41. The number of hydrogen-bond acceptors (Lipinski definition) is 5. The summed E-state index contributed by atoms with van der Waals surface area (Å²) in [5.41, 5.74) is 7.79. The van der Waals surface area contributed by atoms with E-state index < -0.39 is 0 Å². The van der Waals surface area contributed by atoms with E-state index in [-0.39, 0.29) is 5.95 Å². The summed E-state index contributed by atoms with van der Waals surface area (Å²) in [7, 11) is 1.62. The summed E-state index contributed by atoms with van der Waals surface area (Å²) in [5.74, 6) is 1.33. The number of rotatable bonds is 4. The van der Waals surface area contributed by atoms with Crippen molar-refractivity contribution < 1.29 is 4.74 Å². The number of ether oxygens (including phenoxy) is 1. The van der Waals surface area contributed by atoms with Crippen LogP contribution in [0.2, 0.25) is 10.0 Å². The predicted octanol–water partition coefficient (Wildman–Crippen LogP) is 4.11. The molecule has 0 amide bonds. The fourth-order valence-electron chi connectivity index (χ4n) is 2.14. The van der Waals surface area contributed by atoms with Crippen LogP contribution in [0.5, 0.6) is 5.75 Å². The molecular weight excluding hydrogens is 337 g/mol. The number of methoxy groups -OCH3 is 1. The molecule has 0 saturated heterocycles. The van der Waals surface area contributed by atoms with Crippen molar-refractivity contribution in [1.29, 1.82) is 0 Å². The highest BCUT2D eigenvalue weighted by Crippen LogP contribution is 2.38. The minimum absolute atomic E-state index is 0.222. The monoisotopic (exact) mass is 349 g/mol. The van der Waals surface area contributed by atoms with Crippen molar-refractivity contribution in [2.75, 3.05) is 18.2 Å². The minimum atomic E-state index is 0.222. The van der Waals surface area contributed by atoms with E-state index in [1.807, 2.05) is 24.3 Å². The maximum absolute atomic E-state index is 6.39. The molecule has 3 rings (SSSR count). The Balaban J connectivity index is 1.93. The van der Waals surface area contributed by atoms with Gasteiger partial charge >= 0.3 is 0 Å². The average molecular weight is 350 g/mol. The van der Waals surface area contributed by atoms with Crippen LogP contribution in [0.3, 0.4) is 0 Å². The second-order valence-electron chi connectivity index (χ2n) is 4.71. The topological polar surface area (TPSA) is 88.8 Å². The molecule has 0 radical (unpaired) electrons. The van der Waals surface area contributed by atoms with E-state index in [2.05, 4.69) is 20.5 Å². The van der Waals surface area contributed by atoms with Gasteiger partial charge in [0.2, 0.25) is 11.9 Å². The van der Waals surface area contributed by atoms with Crippen LogP contribution >= 0.6 is 23.2 Å². The molecule has 0 fully saturated rings. The molecule has 0 saturated carbocycles. The molecule has 4 N–H and O–H groups in total. The summed E-state index contributed by atoms with van der Waals surface area (Å²) in [4.78, 5) is 3.96. The van der Waals surface area contributed by atoms with Crippen LogP contribution in [0.4, 0.5) is 17.6 Å². The lowest BCUT2D eigenvalue weighted by Crippen LogP contribution is -1.94. The van der Waals surface area contributed by atoms with Crippen molar-refractivity contribution in [1.82, 2.24) is 15.2 Å². The van der Waals surface area contributed by atoms with Gasteiger partial charge in [0, 0.05) is 11.3 Å². The Morgan fingerprint density at radius 2 is 1.78 bits per heavy atom. The maximum Gasteiger partial charge on any atom is 0.248 e. The number of benzene rings is 2. The van der Waals surface area contributed by atoms with E-state index in [4.69, 9.17) is 33.7 Å². The van der Waals surface area contributed by atoms with Gasteiger partial charge < -0.3 is 15.8 Å². The van der Waals surface area contributed by atoms with Gasteiger partial charge in [-0.15, -0.1) is 5.10 Å². The molecule has 0 atom stereocenters. The number of nitrogens with one attached hydrogen (secondary N) is 2. The van der Waals surface area contributed by atoms with Crippen LogP contribution in [-0.4, -0.2) is 22.3 Å². The summed E-state index contributed by atoms with van der Waals surface area (Å²) >= 11 is 12.8. The van der Waals surface area contributed by atoms with Crippen molar-refractivity contribution in [3.63, 3.8) is 0 Å². The molecule has 6 nitrogen and oxygen atoms in total. The van der Waals surface area contributed by atoms with E-state index in [0.717, 1.165) is 16.9 Å². The fourth-order valence-corrected chi connectivity index (χ4v) is 2.84. The molecule has 0 aliphatic rings. The second-order valence-corrected chi connectivity index (χ2v) is 5.53. The summed E-state index contributed by atoms with van der Waals surface area (Å²) in [5, 5.41) is 10.4. The molecule has 118 valence electrons. The average Bonchev–Trinajstić information content (AvgIpc) is 2.92. The SMILES string of the molecule is COc1ccc(-c2c(Cl)cc(Nc3n[nH]c(N)n3)cc2Cl)cc1. The molecule has 1 aromatic heterocycles. The number of nitrogens with two attached hydrogens (primary N) is 1. The lowest BCUT2D eigenvalue weighted by atomic mass is 10.0. The third-order valence-electron chi connectivity index (χ3n) is 3.18. The van der Waals surface area contributed by atoms with E-state index in [9.17, 15) is 0 Å². The number of nitrogen functional groups attached to an aromatic ring is 1. The molecule has 3 aromatic rings. The largest absolute Gasteiger partial charge is 0.497 e. The Hall–Kier alpha value is -2.44. The Kier molecular flexibility index (Phi) is 4.27. The highest BCUT2D eigenvalue weighted by atomic mass is 35.5. The van der Waals surface area contributed by atoms with E-state index in [1.54, 1.807) is 19.2 Å². The summed E-state index contributed by atoms with van der Waals surface area (Å²) in [6.45, 7) is 0. The number of H-pyrrole nitrogens is 1. The molecule has 0 spiro atoms. The third-order valence-corrected chi connectivity index (χ3v) is 3.78. The standard InChI is InChI=1S/C15H13Cl2N5O/c1-23-10-4-2-8(3-5-10)13-11(16)6-9(7-12(13)17)19-15-20-14(18)21-22-15/h2-7H,1H3,(H4,18,19,20,21,22). The number of nitrogens with zero attached hydrogens (tertiary/aromatic N) is 2. The van der Waals surface area contributed by atoms with Crippen LogP contribution in [0.1, 0.15) is 0 Å². The van der Waals surface area contributed by atoms with Crippen LogP contribution in [0.15, 0.2) is 36.4 Å². The second kappa shape index (κ2) is 6.36. The first-order chi connectivity index (χ1) is 11.1. The Morgan fingerprint density at radius 3 is 2.30 bits per heavy atom. The Bertz CT molecular complexity index is 809. The predicted molar refractivity (Wildman–Crippen MR) is 92.5 cm³/mol. The zero-order chi connectivity index (χ0) is 16.4. The number of halogens is 2. The lowest BCUT2D eigenvalue weighted by Gasteiger charge is -2.11. The third kappa shape index (κ3) is 3.33. The Labute approximate surface area is 142 Å². The number of aromatic nitrogens is 3. The molecule has 1 heterocycles. The van der Waals surface area contributed by atoms with E-state index in [1.165, 1.54) is 0 Å². The molecule has 23 heavy (non-hydrogen) atoms. The van der Waals surface area contributed by atoms with Gasteiger partial charge in [-0.1, -0.05) is 35.3 Å². The summed E-state index contributed by atoms with van der Waals surface area (Å²) < 4.78 is 5.15. The van der Waals surface area contributed by atoms with Gasteiger partial charge in [0.15, 0.2) is 0 Å². The van der Waals surface area contributed by atoms with E-state index >= 15 is 0 Å². The Morgan fingerprint density at radius 1 is 1.13 bits per heavy atom. The van der Waals surface area contributed by atoms with Crippen molar-refractivity contribution >= 4 is 40.8 Å². The summed E-state index contributed by atoms with van der Waals surface area (Å²) in [6, 6.07) is 11.0. The van der Waals surface area contributed by atoms with Crippen molar-refractivity contribution in [2.24, 2.45) is 0 Å². The molecule has 2 aromatic carbocycles. The van der Waals surface area contributed by atoms with Gasteiger partial charge in [0.05, 0.1) is 17.2 Å². The van der Waals surface area contributed by atoms with Gasteiger partial charge in [0.1, 0.15) is 5.75 Å². The molecule has 0 aliphatic heterocycles. The zero-order valence-corrected chi connectivity index (χ0v) is 13.6. The number of aromatic amines is 1. The zero-order valence-electron chi connectivity index (χ0n) is 12.1. The van der Waals surface area contributed by atoms with Crippen LogP contribution in [0.25, 0.3) is 11.1 Å². The van der Waals surface area contributed by atoms with Crippen molar-refractivity contribution in [3.05, 3.63) is 46.4 Å². The highest BCUT2D eigenvalue weighted by Gasteiger charge is 2.12. The van der Waals surface area contributed by atoms with Crippen LogP contribution in [0, 0.1) is 0 Å². The van der Waals surface area contributed by atoms with Crippen LogP contribution < -0.4 is 15.8 Å². The van der Waals surface area contributed by atoms with Crippen molar-refractivity contribution in [3.8, 4) is 16.9 Å². The molecule has 8 heteroatoms. The number of anilines is 3. The lowest BCUT2D eigenvalue weighted by molar-refractivity contribution is 0.415. The first-order valence-electron chi connectivity index (χ1n) is 6.65. The number of hydrogen-bond donors (Lipinski definition) is 3. The molecule has 0 unspecified atom stereocenters. The molecule has 0 aliphatic carbocycles. The molecular formula is C15H13Cl2N5O. The minimum Gasteiger partial charge on any atom is -0.497 e. The fraction of sp³-hybridized carbons (Fsp3) is 0.0667. The smallest absolute Gasteiger partial charge is 0.248 e. The van der Waals surface area contributed by atoms with Gasteiger partial charge in [-0.25, -0.2) is 5.10 Å².